The number of benzene rings is 2. The van der Waals surface area contributed by atoms with Gasteiger partial charge in [-0.25, -0.2) is 0 Å². The zero-order valence-corrected chi connectivity index (χ0v) is 17.3. The van der Waals surface area contributed by atoms with Crippen LogP contribution in [0.5, 0.6) is 5.75 Å². The van der Waals surface area contributed by atoms with Crippen molar-refractivity contribution in [1.29, 1.82) is 0 Å². The van der Waals surface area contributed by atoms with E-state index in [9.17, 15) is 9.59 Å². The number of nitrogens with one attached hydrogen (secondary N) is 1. The predicted octanol–water partition coefficient (Wildman–Crippen LogP) is 4.35. The van der Waals surface area contributed by atoms with Crippen LogP contribution in [0.25, 0.3) is 6.08 Å². The Morgan fingerprint density at radius 2 is 1.86 bits per heavy atom. The quantitative estimate of drug-likeness (QED) is 0.700. The molecule has 3 rings (SSSR count). The van der Waals surface area contributed by atoms with Crippen molar-refractivity contribution < 1.29 is 14.3 Å². The number of piperidine rings is 1. The van der Waals surface area contributed by atoms with Gasteiger partial charge in [-0.3, -0.25) is 9.59 Å². The van der Waals surface area contributed by atoms with Crippen molar-refractivity contribution >= 4 is 39.5 Å². The third-order valence-electron chi connectivity index (χ3n) is 4.82. The number of anilines is 1. The summed E-state index contributed by atoms with van der Waals surface area (Å²) in [6.07, 6.45) is 4.66. The normalized spacial score (nSPS) is 14.9. The van der Waals surface area contributed by atoms with E-state index in [0.717, 1.165) is 15.7 Å². The van der Waals surface area contributed by atoms with Gasteiger partial charge >= 0.3 is 0 Å². The summed E-state index contributed by atoms with van der Waals surface area (Å²) in [5.41, 5.74) is 1.64. The molecular formula is C22H23BrN2O3. The van der Waals surface area contributed by atoms with Crippen molar-refractivity contribution in [3.63, 3.8) is 0 Å². The molecule has 0 spiro atoms. The average Bonchev–Trinajstić information content (AvgIpc) is 2.73. The third-order valence-corrected chi connectivity index (χ3v) is 5.31. The number of halogens is 1. The molecule has 6 heteroatoms. The van der Waals surface area contributed by atoms with Crippen molar-refractivity contribution in [3.8, 4) is 5.75 Å². The smallest absolute Gasteiger partial charge is 0.246 e. The van der Waals surface area contributed by atoms with Crippen molar-refractivity contribution in [3.05, 3.63) is 64.6 Å². The zero-order valence-electron chi connectivity index (χ0n) is 15.7. The Morgan fingerprint density at radius 1 is 1.14 bits per heavy atom. The van der Waals surface area contributed by atoms with Gasteiger partial charge in [0.1, 0.15) is 5.75 Å². The van der Waals surface area contributed by atoms with Gasteiger partial charge in [0.25, 0.3) is 0 Å². The number of likely N-dealkylation sites (tertiary alicyclic amines) is 1. The average molecular weight is 443 g/mol. The van der Waals surface area contributed by atoms with E-state index in [4.69, 9.17) is 4.74 Å². The van der Waals surface area contributed by atoms with Gasteiger partial charge in [0.2, 0.25) is 11.8 Å². The lowest BCUT2D eigenvalue weighted by Gasteiger charge is -2.30. The fourth-order valence-electron chi connectivity index (χ4n) is 3.23. The molecule has 28 heavy (non-hydrogen) atoms. The van der Waals surface area contributed by atoms with Crippen LogP contribution in [0, 0.1) is 5.92 Å². The summed E-state index contributed by atoms with van der Waals surface area (Å²) in [6, 6.07) is 15.1. The van der Waals surface area contributed by atoms with E-state index in [-0.39, 0.29) is 17.7 Å². The van der Waals surface area contributed by atoms with E-state index in [0.29, 0.717) is 31.7 Å². The summed E-state index contributed by atoms with van der Waals surface area (Å²) >= 11 is 3.43. The van der Waals surface area contributed by atoms with Crippen LogP contribution < -0.4 is 10.1 Å². The summed E-state index contributed by atoms with van der Waals surface area (Å²) < 4.78 is 6.25. The van der Waals surface area contributed by atoms with E-state index in [1.54, 1.807) is 24.2 Å². The van der Waals surface area contributed by atoms with Crippen LogP contribution in [0.2, 0.25) is 0 Å². The van der Waals surface area contributed by atoms with Crippen LogP contribution in [0.1, 0.15) is 18.4 Å². The molecule has 5 nitrogen and oxygen atoms in total. The molecular weight excluding hydrogens is 420 g/mol. The summed E-state index contributed by atoms with van der Waals surface area (Å²) in [6.45, 7) is 1.15. The molecule has 0 radical (unpaired) electrons. The molecule has 1 aliphatic rings. The molecule has 0 saturated carbocycles. The second kappa shape index (κ2) is 9.55. The molecule has 2 aromatic carbocycles. The molecule has 1 heterocycles. The highest BCUT2D eigenvalue weighted by atomic mass is 79.9. The molecule has 2 amide bonds. The topological polar surface area (TPSA) is 58.6 Å². The Kier molecular flexibility index (Phi) is 6.87. The SMILES string of the molecule is COc1ccc(Br)cc1C=CC(=O)N1CCC(C(=O)Nc2ccccc2)CC1. The Bertz CT molecular complexity index is 859. The Hall–Kier alpha value is -2.60. The Balaban J connectivity index is 1.54. The van der Waals surface area contributed by atoms with Gasteiger partial charge in [0, 0.05) is 40.8 Å². The highest BCUT2D eigenvalue weighted by Crippen LogP contribution is 2.25. The summed E-state index contributed by atoms with van der Waals surface area (Å²) in [5.74, 6) is 0.610. The number of hydrogen-bond donors (Lipinski definition) is 1. The van der Waals surface area contributed by atoms with Crippen molar-refractivity contribution in [2.24, 2.45) is 5.92 Å². The largest absolute Gasteiger partial charge is 0.496 e. The number of methoxy groups -OCH3 is 1. The van der Waals surface area contributed by atoms with E-state index in [1.165, 1.54) is 0 Å². The molecule has 0 atom stereocenters. The minimum absolute atomic E-state index is 0.0210. The number of carbonyl (C=O) groups excluding carboxylic acids is 2. The maximum Gasteiger partial charge on any atom is 0.246 e. The Morgan fingerprint density at radius 3 is 2.54 bits per heavy atom. The lowest BCUT2D eigenvalue weighted by molar-refractivity contribution is -0.130. The van der Waals surface area contributed by atoms with Crippen LogP contribution in [-0.4, -0.2) is 36.9 Å². The first-order chi connectivity index (χ1) is 13.6. The second-order valence-corrected chi connectivity index (χ2v) is 7.59. The monoisotopic (exact) mass is 442 g/mol. The van der Waals surface area contributed by atoms with Gasteiger partial charge in [-0.05, 0) is 49.2 Å². The number of amides is 2. The van der Waals surface area contributed by atoms with E-state index >= 15 is 0 Å². The van der Waals surface area contributed by atoms with Crippen LogP contribution in [-0.2, 0) is 9.59 Å². The van der Waals surface area contributed by atoms with Gasteiger partial charge in [-0.1, -0.05) is 34.1 Å². The van der Waals surface area contributed by atoms with Gasteiger partial charge in [-0.2, -0.15) is 0 Å². The van der Waals surface area contributed by atoms with Gasteiger partial charge in [0.05, 0.1) is 7.11 Å². The molecule has 2 aromatic rings. The highest BCUT2D eigenvalue weighted by molar-refractivity contribution is 9.10. The second-order valence-electron chi connectivity index (χ2n) is 6.67. The van der Waals surface area contributed by atoms with Crippen molar-refractivity contribution in [2.45, 2.75) is 12.8 Å². The molecule has 1 N–H and O–H groups in total. The van der Waals surface area contributed by atoms with Crippen LogP contribution in [0.4, 0.5) is 5.69 Å². The fraction of sp³-hybridized carbons (Fsp3) is 0.273. The first kappa shape index (κ1) is 20.1. The van der Waals surface area contributed by atoms with Crippen molar-refractivity contribution in [2.75, 3.05) is 25.5 Å². The van der Waals surface area contributed by atoms with E-state index in [1.807, 2.05) is 48.5 Å². The fourth-order valence-corrected chi connectivity index (χ4v) is 3.61. The molecule has 0 aliphatic carbocycles. The zero-order chi connectivity index (χ0) is 19.9. The Labute approximate surface area is 173 Å². The van der Waals surface area contributed by atoms with E-state index in [2.05, 4.69) is 21.2 Å². The van der Waals surface area contributed by atoms with Crippen molar-refractivity contribution in [1.82, 2.24) is 4.90 Å². The maximum absolute atomic E-state index is 12.5. The first-order valence-corrected chi connectivity index (χ1v) is 10.0. The number of rotatable bonds is 5. The number of para-hydroxylation sites is 1. The standard InChI is InChI=1S/C22H23BrN2O3/c1-28-20-9-8-18(23)15-17(20)7-10-21(26)25-13-11-16(12-14-25)22(27)24-19-5-3-2-4-6-19/h2-10,15-16H,11-14H2,1H3,(H,24,27). The molecule has 0 aromatic heterocycles. The van der Waals surface area contributed by atoms with Crippen LogP contribution in [0.3, 0.4) is 0 Å². The van der Waals surface area contributed by atoms with Gasteiger partial charge in [-0.15, -0.1) is 0 Å². The number of nitrogens with zero attached hydrogens (tertiary/aromatic N) is 1. The molecule has 1 fully saturated rings. The number of ether oxygens (including phenoxy) is 1. The van der Waals surface area contributed by atoms with E-state index < -0.39 is 0 Å². The van der Waals surface area contributed by atoms with Crippen LogP contribution in [0.15, 0.2) is 59.1 Å². The van der Waals surface area contributed by atoms with Crippen LogP contribution >= 0.6 is 15.9 Å². The molecule has 146 valence electrons. The molecule has 0 bridgehead atoms. The minimum atomic E-state index is -0.0709. The molecule has 1 saturated heterocycles. The number of carbonyl (C=O) groups is 2. The maximum atomic E-state index is 12.5. The van der Waals surface area contributed by atoms with Gasteiger partial charge < -0.3 is 15.0 Å². The van der Waals surface area contributed by atoms with Gasteiger partial charge in [0.15, 0.2) is 0 Å². The summed E-state index contributed by atoms with van der Waals surface area (Å²) in [5, 5.41) is 2.95. The lowest BCUT2D eigenvalue weighted by Crippen LogP contribution is -2.40. The lowest BCUT2D eigenvalue weighted by atomic mass is 9.95. The highest BCUT2D eigenvalue weighted by Gasteiger charge is 2.26. The minimum Gasteiger partial charge on any atom is -0.496 e. The molecule has 0 unspecified atom stereocenters. The third kappa shape index (κ3) is 5.23. The predicted molar refractivity (Wildman–Crippen MR) is 114 cm³/mol. The number of hydrogen-bond acceptors (Lipinski definition) is 3. The summed E-state index contributed by atoms with van der Waals surface area (Å²) in [4.78, 5) is 26.7. The summed E-state index contributed by atoms with van der Waals surface area (Å²) in [7, 11) is 1.60. The molecule has 1 aliphatic heterocycles. The first-order valence-electron chi connectivity index (χ1n) is 9.23.